The largest absolute Gasteiger partial charge is 0.367 e. The number of nitrogens with one attached hydrogen (secondary N) is 2. The van der Waals surface area contributed by atoms with Crippen molar-refractivity contribution in [3.05, 3.63) is 16.8 Å². The first-order valence-corrected chi connectivity index (χ1v) is 8.60. The Morgan fingerprint density at radius 3 is 2.68 bits per heavy atom. The van der Waals surface area contributed by atoms with Crippen LogP contribution in [0, 0.1) is 25.2 Å². The summed E-state index contributed by atoms with van der Waals surface area (Å²) in [6, 6.07) is 1.84. The van der Waals surface area contributed by atoms with E-state index in [4.69, 9.17) is 0 Å². The second-order valence-corrected chi connectivity index (χ2v) is 6.70. The van der Waals surface area contributed by atoms with Crippen LogP contribution in [0.15, 0.2) is 0 Å². The van der Waals surface area contributed by atoms with Crippen LogP contribution in [-0.4, -0.2) is 45.7 Å². The molecule has 1 saturated heterocycles. The van der Waals surface area contributed by atoms with E-state index in [0.717, 1.165) is 36.9 Å². The zero-order valence-corrected chi connectivity index (χ0v) is 14.6. The van der Waals surface area contributed by atoms with Gasteiger partial charge in [0.05, 0.1) is 5.69 Å². The normalized spacial score (nSPS) is 18.5. The number of carbonyl (C=O) groups is 2. The van der Waals surface area contributed by atoms with E-state index in [1.54, 1.807) is 0 Å². The summed E-state index contributed by atoms with van der Waals surface area (Å²) in [4.78, 5) is 26.0. The fraction of sp³-hybridized carbons (Fsp3) is 0.588. The number of nitrogens with zero attached hydrogens (tertiary/aromatic N) is 4. The van der Waals surface area contributed by atoms with E-state index in [0.29, 0.717) is 30.9 Å². The number of anilines is 1. The molecule has 0 atom stereocenters. The van der Waals surface area contributed by atoms with Crippen molar-refractivity contribution in [3.8, 4) is 6.07 Å². The van der Waals surface area contributed by atoms with Gasteiger partial charge in [0.15, 0.2) is 5.82 Å². The van der Waals surface area contributed by atoms with Gasteiger partial charge in [-0.05, 0) is 38.7 Å². The molecule has 2 fully saturated rings. The zero-order valence-electron chi connectivity index (χ0n) is 14.6. The molecule has 1 saturated carbocycles. The van der Waals surface area contributed by atoms with Gasteiger partial charge in [0, 0.05) is 13.1 Å². The molecular weight excluding hydrogens is 320 g/mol. The SMILES string of the molecule is Cc1nnc(NCCCN2C(=O)NC3(CCCC3)C2=O)c(C#N)c1C. The molecule has 3 rings (SSSR count). The third-order valence-electron chi connectivity index (χ3n) is 5.12. The summed E-state index contributed by atoms with van der Waals surface area (Å²) in [5, 5.41) is 23.3. The number of urea groups is 1. The molecule has 8 nitrogen and oxygen atoms in total. The molecule has 2 aliphatic rings. The van der Waals surface area contributed by atoms with Crippen LogP contribution in [0.5, 0.6) is 0 Å². The summed E-state index contributed by atoms with van der Waals surface area (Å²) in [6.45, 7) is 4.49. The minimum Gasteiger partial charge on any atom is -0.367 e. The van der Waals surface area contributed by atoms with Gasteiger partial charge in [0.1, 0.15) is 17.2 Å². The lowest BCUT2D eigenvalue weighted by Gasteiger charge is -2.20. The lowest BCUT2D eigenvalue weighted by atomic mass is 9.98. The third kappa shape index (κ3) is 3.02. The van der Waals surface area contributed by atoms with Crippen molar-refractivity contribution in [1.82, 2.24) is 20.4 Å². The highest BCUT2D eigenvalue weighted by atomic mass is 16.2. The predicted octanol–water partition coefficient (Wildman–Crippen LogP) is 1.63. The Hall–Kier alpha value is -2.69. The monoisotopic (exact) mass is 342 g/mol. The molecule has 1 aliphatic carbocycles. The Bertz CT molecular complexity index is 748. The van der Waals surface area contributed by atoms with Crippen molar-refractivity contribution in [2.24, 2.45) is 0 Å². The fourth-order valence-corrected chi connectivity index (χ4v) is 3.51. The molecule has 0 bridgehead atoms. The number of nitriles is 1. The van der Waals surface area contributed by atoms with Gasteiger partial charge in [-0.15, -0.1) is 5.10 Å². The Kier molecular flexibility index (Phi) is 4.57. The van der Waals surface area contributed by atoms with E-state index >= 15 is 0 Å². The second kappa shape index (κ2) is 6.67. The molecule has 2 heterocycles. The summed E-state index contributed by atoms with van der Waals surface area (Å²) in [7, 11) is 0. The van der Waals surface area contributed by atoms with E-state index in [2.05, 4.69) is 26.9 Å². The van der Waals surface area contributed by atoms with Gasteiger partial charge < -0.3 is 10.6 Å². The molecule has 132 valence electrons. The van der Waals surface area contributed by atoms with Gasteiger partial charge in [0.25, 0.3) is 5.91 Å². The van der Waals surface area contributed by atoms with Gasteiger partial charge in [-0.3, -0.25) is 9.69 Å². The van der Waals surface area contributed by atoms with Crippen LogP contribution in [0.4, 0.5) is 10.6 Å². The number of amides is 3. The molecule has 25 heavy (non-hydrogen) atoms. The van der Waals surface area contributed by atoms with Crippen LogP contribution in [0.2, 0.25) is 0 Å². The highest BCUT2D eigenvalue weighted by Crippen LogP contribution is 2.35. The first-order chi connectivity index (χ1) is 12.0. The molecule has 0 unspecified atom stereocenters. The van der Waals surface area contributed by atoms with Crippen molar-refractivity contribution >= 4 is 17.8 Å². The Labute approximate surface area is 146 Å². The first kappa shape index (κ1) is 17.1. The van der Waals surface area contributed by atoms with Gasteiger partial charge in [-0.2, -0.15) is 10.4 Å². The van der Waals surface area contributed by atoms with Gasteiger partial charge in [0.2, 0.25) is 0 Å². The van der Waals surface area contributed by atoms with E-state index in [9.17, 15) is 14.9 Å². The van der Waals surface area contributed by atoms with Gasteiger partial charge >= 0.3 is 6.03 Å². The number of hydrogen-bond acceptors (Lipinski definition) is 6. The number of aryl methyl sites for hydroxylation is 1. The molecular formula is C17H22N6O2. The maximum Gasteiger partial charge on any atom is 0.325 e. The predicted molar refractivity (Wildman–Crippen MR) is 90.8 cm³/mol. The van der Waals surface area contributed by atoms with Gasteiger partial charge in [-0.25, -0.2) is 4.79 Å². The van der Waals surface area contributed by atoms with Crippen LogP contribution < -0.4 is 10.6 Å². The Morgan fingerprint density at radius 1 is 1.28 bits per heavy atom. The minimum atomic E-state index is -0.655. The highest BCUT2D eigenvalue weighted by molar-refractivity contribution is 6.07. The third-order valence-corrected chi connectivity index (χ3v) is 5.12. The van der Waals surface area contributed by atoms with E-state index in [1.165, 1.54) is 4.90 Å². The molecule has 2 N–H and O–H groups in total. The van der Waals surface area contributed by atoms with Crippen molar-refractivity contribution < 1.29 is 9.59 Å². The summed E-state index contributed by atoms with van der Waals surface area (Å²) in [5.41, 5.74) is 1.35. The van der Waals surface area contributed by atoms with Crippen LogP contribution >= 0.6 is 0 Å². The standard InChI is InChI=1S/C17H22N6O2/c1-11-12(2)21-22-14(13(11)10-18)19-8-5-9-23-15(24)17(20-16(23)25)6-3-4-7-17/h3-9H2,1-2H3,(H,19,22)(H,20,25). The number of hydrogen-bond donors (Lipinski definition) is 2. The molecule has 0 aromatic carbocycles. The number of aromatic nitrogens is 2. The van der Waals surface area contributed by atoms with Crippen LogP contribution in [0.25, 0.3) is 0 Å². The summed E-state index contributed by atoms with van der Waals surface area (Å²) in [6.07, 6.45) is 3.99. The van der Waals surface area contributed by atoms with Crippen LogP contribution in [-0.2, 0) is 4.79 Å². The average molecular weight is 342 g/mol. The molecule has 1 spiro atoms. The molecule has 8 heteroatoms. The Morgan fingerprint density at radius 2 is 2.00 bits per heavy atom. The number of rotatable bonds is 5. The summed E-state index contributed by atoms with van der Waals surface area (Å²) >= 11 is 0. The molecule has 1 aromatic heterocycles. The summed E-state index contributed by atoms with van der Waals surface area (Å²) < 4.78 is 0. The number of imide groups is 1. The maximum atomic E-state index is 12.5. The second-order valence-electron chi connectivity index (χ2n) is 6.70. The van der Waals surface area contributed by atoms with E-state index < -0.39 is 5.54 Å². The molecule has 1 aliphatic heterocycles. The number of carbonyl (C=O) groups excluding carboxylic acids is 2. The van der Waals surface area contributed by atoms with Crippen LogP contribution in [0.1, 0.15) is 48.9 Å². The minimum absolute atomic E-state index is 0.0984. The van der Waals surface area contributed by atoms with Gasteiger partial charge in [-0.1, -0.05) is 12.8 Å². The topological polar surface area (TPSA) is 111 Å². The van der Waals surface area contributed by atoms with Crippen molar-refractivity contribution in [3.63, 3.8) is 0 Å². The first-order valence-electron chi connectivity index (χ1n) is 8.60. The lowest BCUT2D eigenvalue weighted by Crippen LogP contribution is -2.44. The maximum absolute atomic E-state index is 12.5. The molecule has 3 amide bonds. The fourth-order valence-electron chi connectivity index (χ4n) is 3.51. The smallest absolute Gasteiger partial charge is 0.325 e. The van der Waals surface area contributed by atoms with E-state index in [1.807, 2.05) is 13.8 Å². The molecule has 1 aromatic rings. The van der Waals surface area contributed by atoms with Crippen molar-refractivity contribution in [2.75, 3.05) is 18.4 Å². The zero-order chi connectivity index (χ0) is 18.0. The quantitative estimate of drug-likeness (QED) is 0.621. The molecule has 0 radical (unpaired) electrons. The highest BCUT2D eigenvalue weighted by Gasteiger charge is 2.51. The summed E-state index contributed by atoms with van der Waals surface area (Å²) in [5.74, 6) is 0.341. The average Bonchev–Trinajstić information content (AvgIpc) is 3.15. The van der Waals surface area contributed by atoms with Crippen molar-refractivity contribution in [1.29, 1.82) is 5.26 Å². The Balaban J connectivity index is 1.56. The van der Waals surface area contributed by atoms with Crippen LogP contribution in [0.3, 0.4) is 0 Å². The lowest BCUT2D eigenvalue weighted by molar-refractivity contribution is -0.131. The van der Waals surface area contributed by atoms with Crippen molar-refractivity contribution in [2.45, 2.75) is 51.5 Å². The van der Waals surface area contributed by atoms with E-state index in [-0.39, 0.29) is 11.9 Å².